The summed E-state index contributed by atoms with van der Waals surface area (Å²) in [7, 11) is -1.11. The van der Waals surface area contributed by atoms with Crippen LogP contribution < -0.4 is 19.1 Å². The van der Waals surface area contributed by atoms with Crippen LogP contribution in [0.15, 0.2) is 77.7 Å². The molecule has 1 aliphatic rings. The summed E-state index contributed by atoms with van der Waals surface area (Å²) in [6.45, 7) is 3.31. The van der Waals surface area contributed by atoms with E-state index in [1.54, 1.807) is 49.6 Å². The Bertz CT molecular complexity index is 1500. The van der Waals surface area contributed by atoms with Gasteiger partial charge in [0.2, 0.25) is 11.8 Å². The molecule has 0 bridgehead atoms. The van der Waals surface area contributed by atoms with Crippen LogP contribution in [0.25, 0.3) is 0 Å². The van der Waals surface area contributed by atoms with Gasteiger partial charge in [-0.25, -0.2) is 8.42 Å². The number of aryl methyl sites for hydroxylation is 1. The highest BCUT2D eigenvalue weighted by Gasteiger charge is 2.34. The van der Waals surface area contributed by atoms with Crippen LogP contribution in [-0.2, 0) is 26.2 Å². The fourth-order valence-electron chi connectivity index (χ4n) is 5.39. The average Bonchev–Trinajstić information content (AvgIpc) is 3.53. The number of anilines is 1. The monoisotopic (exact) mass is 607 g/mol. The van der Waals surface area contributed by atoms with Crippen molar-refractivity contribution in [3.05, 3.63) is 83.9 Å². The van der Waals surface area contributed by atoms with Crippen LogP contribution >= 0.6 is 0 Å². The van der Waals surface area contributed by atoms with E-state index < -0.39 is 28.5 Å². The Balaban J connectivity index is 1.73. The maximum Gasteiger partial charge on any atom is 0.264 e. The minimum atomic E-state index is -4.17. The van der Waals surface area contributed by atoms with Gasteiger partial charge < -0.3 is 19.7 Å². The number of rotatable bonds is 13. The molecule has 2 amide bonds. The molecule has 1 N–H and O–H groups in total. The topological polar surface area (TPSA) is 105 Å². The third-order valence-electron chi connectivity index (χ3n) is 7.80. The molecule has 9 nitrogen and oxygen atoms in total. The lowest BCUT2D eigenvalue weighted by Gasteiger charge is -2.34. The van der Waals surface area contributed by atoms with E-state index in [2.05, 4.69) is 5.32 Å². The van der Waals surface area contributed by atoms with E-state index in [1.807, 2.05) is 32.0 Å². The van der Waals surface area contributed by atoms with Crippen molar-refractivity contribution in [3.63, 3.8) is 0 Å². The van der Waals surface area contributed by atoms with Crippen LogP contribution in [0.5, 0.6) is 11.5 Å². The first kappa shape index (κ1) is 31.9. The fourth-order valence-corrected chi connectivity index (χ4v) is 6.79. The van der Waals surface area contributed by atoms with Crippen LogP contribution in [0.4, 0.5) is 5.69 Å². The Morgan fingerprint density at radius 1 is 0.930 bits per heavy atom. The summed E-state index contributed by atoms with van der Waals surface area (Å²) in [6, 6.07) is 19.6. The second kappa shape index (κ2) is 14.4. The van der Waals surface area contributed by atoms with Gasteiger partial charge >= 0.3 is 0 Å². The molecular formula is C33H41N3O6S. The molecule has 43 heavy (non-hydrogen) atoms. The number of carbonyl (C=O) groups excluding carboxylic acids is 2. The quantitative estimate of drug-likeness (QED) is 0.291. The number of nitrogens with one attached hydrogen (secondary N) is 1. The smallest absolute Gasteiger partial charge is 0.264 e. The normalized spacial score (nSPS) is 14.1. The summed E-state index contributed by atoms with van der Waals surface area (Å²) in [5.74, 6) is 0.327. The number of hydrogen-bond donors (Lipinski definition) is 1. The second-order valence-electron chi connectivity index (χ2n) is 10.8. The van der Waals surface area contributed by atoms with Crippen LogP contribution in [0.2, 0.25) is 0 Å². The summed E-state index contributed by atoms with van der Waals surface area (Å²) >= 11 is 0. The van der Waals surface area contributed by atoms with Gasteiger partial charge in [-0.05, 0) is 68.1 Å². The van der Waals surface area contributed by atoms with Gasteiger partial charge in [-0.3, -0.25) is 13.9 Å². The molecule has 10 heteroatoms. The number of benzene rings is 3. The highest BCUT2D eigenvalue weighted by atomic mass is 32.2. The lowest BCUT2D eigenvalue weighted by molar-refractivity contribution is -0.140. The number of sulfonamides is 1. The SMILES string of the molecule is CC[C@@H](C(=O)NC1CCCC1)N(Cc1cccc(OC)c1)C(=O)CN(c1cccc(OC)c1)S(=O)(=O)c1ccc(C)cc1. The first-order valence-electron chi connectivity index (χ1n) is 14.6. The fraction of sp³-hybridized carbons (Fsp3) is 0.394. The minimum Gasteiger partial charge on any atom is -0.497 e. The first-order chi connectivity index (χ1) is 20.7. The van der Waals surface area contributed by atoms with Gasteiger partial charge in [0.15, 0.2) is 0 Å². The third kappa shape index (κ3) is 7.87. The molecule has 1 atom stereocenters. The van der Waals surface area contributed by atoms with Gasteiger partial charge in [-0.1, -0.05) is 55.7 Å². The highest BCUT2D eigenvalue weighted by molar-refractivity contribution is 7.92. The van der Waals surface area contributed by atoms with Crippen molar-refractivity contribution in [3.8, 4) is 11.5 Å². The van der Waals surface area contributed by atoms with Crippen molar-refractivity contribution in [1.82, 2.24) is 10.2 Å². The summed E-state index contributed by atoms with van der Waals surface area (Å²) in [5.41, 5.74) is 1.94. The molecule has 0 heterocycles. The number of hydrogen-bond acceptors (Lipinski definition) is 6. The van der Waals surface area contributed by atoms with E-state index in [0.717, 1.165) is 41.1 Å². The van der Waals surface area contributed by atoms with Crippen LogP contribution in [0, 0.1) is 6.92 Å². The Morgan fingerprint density at radius 3 is 2.19 bits per heavy atom. The largest absolute Gasteiger partial charge is 0.497 e. The van der Waals surface area contributed by atoms with E-state index in [0.29, 0.717) is 17.9 Å². The summed E-state index contributed by atoms with van der Waals surface area (Å²) in [6.07, 6.45) is 4.29. The third-order valence-corrected chi connectivity index (χ3v) is 9.59. The van der Waals surface area contributed by atoms with Crippen molar-refractivity contribution in [2.24, 2.45) is 0 Å². The molecule has 4 rings (SSSR count). The van der Waals surface area contributed by atoms with Gasteiger partial charge in [-0.2, -0.15) is 0 Å². The molecule has 1 aliphatic carbocycles. The van der Waals surface area contributed by atoms with E-state index in [9.17, 15) is 18.0 Å². The van der Waals surface area contributed by atoms with Crippen molar-refractivity contribution in [2.75, 3.05) is 25.1 Å². The summed E-state index contributed by atoms with van der Waals surface area (Å²) in [5, 5.41) is 3.13. The Kier molecular flexibility index (Phi) is 10.7. The first-order valence-corrected chi connectivity index (χ1v) is 16.1. The summed E-state index contributed by atoms with van der Waals surface area (Å²) in [4.78, 5) is 29.4. The van der Waals surface area contributed by atoms with Gasteiger partial charge in [0.05, 0.1) is 24.8 Å². The molecule has 3 aromatic carbocycles. The molecule has 1 fully saturated rings. The predicted octanol–water partition coefficient (Wildman–Crippen LogP) is 5.07. The Hall–Kier alpha value is -4.05. The highest BCUT2D eigenvalue weighted by Crippen LogP contribution is 2.28. The molecule has 230 valence electrons. The van der Waals surface area contributed by atoms with Crippen molar-refractivity contribution < 1.29 is 27.5 Å². The van der Waals surface area contributed by atoms with E-state index >= 15 is 0 Å². The van der Waals surface area contributed by atoms with Crippen LogP contribution in [0.1, 0.15) is 50.2 Å². The lowest BCUT2D eigenvalue weighted by atomic mass is 10.1. The van der Waals surface area contributed by atoms with Gasteiger partial charge in [0, 0.05) is 18.7 Å². The number of amides is 2. The zero-order valence-electron chi connectivity index (χ0n) is 25.3. The average molecular weight is 608 g/mol. The molecule has 3 aromatic rings. The minimum absolute atomic E-state index is 0.0547. The zero-order valence-corrected chi connectivity index (χ0v) is 26.1. The predicted molar refractivity (Wildman–Crippen MR) is 167 cm³/mol. The standard InChI is InChI=1S/C33H41N3O6S/c1-5-31(33(38)34-26-11-6-7-12-26)35(22-25-10-8-14-28(20-25)41-3)32(37)23-36(27-13-9-15-29(21-27)42-4)43(39,40)30-18-16-24(2)17-19-30/h8-10,13-21,26,31H,5-7,11-12,22-23H2,1-4H3,(H,34,38)/t31-/m0/s1. The van der Waals surface area contributed by atoms with Crippen molar-refractivity contribution in [2.45, 2.75) is 69.5 Å². The molecule has 0 saturated heterocycles. The number of nitrogens with zero attached hydrogens (tertiary/aromatic N) is 2. The second-order valence-corrected chi connectivity index (χ2v) is 12.7. The van der Waals surface area contributed by atoms with Gasteiger partial charge in [0.1, 0.15) is 24.1 Å². The van der Waals surface area contributed by atoms with Gasteiger partial charge in [0.25, 0.3) is 10.0 Å². The van der Waals surface area contributed by atoms with E-state index in [1.165, 1.54) is 24.1 Å². The molecule has 1 saturated carbocycles. The molecular weight excluding hydrogens is 566 g/mol. The Labute approximate surface area is 254 Å². The molecule has 0 aliphatic heterocycles. The molecule has 0 aromatic heterocycles. The maximum absolute atomic E-state index is 14.3. The number of methoxy groups -OCH3 is 2. The lowest BCUT2D eigenvalue weighted by Crippen LogP contribution is -2.53. The van der Waals surface area contributed by atoms with Crippen LogP contribution in [0.3, 0.4) is 0 Å². The van der Waals surface area contributed by atoms with E-state index in [-0.39, 0.29) is 29.1 Å². The molecule has 0 unspecified atom stereocenters. The summed E-state index contributed by atoms with van der Waals surface area (Å²) < 4.78 is 40.0. The van der Waals surface area contributed by atoms with E-state index in [4.69, 9.17) is 9.47 Å². The number of carbonyl (C=O) groups is 2. The molecule has 0 spiro atoms. The maximum atomic E-state index is 14.3. The van der Waals surface area contributed by atoms with Crippen molar-refractivity contribution >= 4 is 27.5 Å². The molecule has 0 radical (unpaired) electrons. The van der Waals surface area contributed by atoms with Crippen LogP contribution in [-0.4, -0.2) is 58.0 Å². The Morgan fingerprint density at radius 2 is 1.56 bits per heavy atom. The number of ether oxygens (including phenoxy) is 2. The zero-order chi connectivity index (χ0) is 31.0. The van der Waals surface area contributed by atoms with Crippen molar-refractivity contribution in [1.29, 1.82) is 0 Å². The van der Waals surface area contributed by atoms with Gasteiger partial charge in [-0.15, -0.1) is 0 Å².